The fourth-order valence-electron chi connectivity index (χ4n) is 3.42. The standard InChI is InChI=1S/C19H29N3O2/c1-21-10-12-22(13-11-21)18-6-4-17(5-7-18)19(23)20-9-8-16-3-2-14-24-15-16/h4-7,16H,2-3,8-15H2,1H3,(H,20,23). The second-order valence-electron chi connectivity index (χ2n) is 6.96. The van der Waals surface area contributed by atoms with Crippen molar-refractivity contribution in [2.75, 3.05) is 57.9 Å². The van der Waals surface area contributed by atoms with Crippen molar-refractivity contribution in [3.05, 3.63) is 29.8 Å². The maximum absolute atomic E-state index is 12.3. The van der Waals surface area contributed by atoms with E-state index in [0.29, 0.717) is 5.92 Å². The Morgan fingerprint density at radius 1 is 1.21 bits per heavy atom. The molecule has 1 aromatic carbocycles. The Kier molecular flexibility index (Phi) is 6.10. The van der Waals surface area contributed by atoms with Crippen molar-refractivity contribution in [3.8, 4) is 0 Å². The predicted molar refractivity (Wildman–Crippen MR) is 96.6 cm³/mol. The Morgan fingerprint density at radius 3 is 2.62 bits per heavy atom. The maximum Gasteiger partial charge on any atom is 0.251 e. The number of ether oxygens (including phenoxy) is 1. The van der Waals surface area contributed by atoms with Crippen molar-refractivity contribution in [1.29, 1.82) is 0 Å². The van der Waals surface area contributed by atoms with E-state index >= 15 is 0 Å². The molecule has 2 aliphatic rings. The SMILES string of the molecule is CN1CCN(c2ccc(C(=O)NCCC3CCCOC3)cc2)CC1. The number of hydrogen-bond acceptors (Lipinski definition) is 4. The molecule has 1 aromatic rings. The highest BCUT2D eigenvalue weighted by atomic mass is 16.5. The lowest BCUT2D eigenvalue weighted by Gasteiger charge is -2.34. The summed E-state index contributed by atoms with van der Waals surface area (Å²) in [5.41, 5.74) is 1.95. The number of amides is 1. The minimum absolute atomic E-state index is 0.0247. The van der Waals surface area contributed by atoms with Gasteiger partial charge >= 0.3 is 0 Å². The number of carbonyl (C=O) groups excluding carboxylic acids is 1. The number of nitrogens with zero attached hydrogens (tertiary/aromatic N) is 2. The Labute approximate surface area is 145 Å². The number of rotatable bonds is 5. The Bertz CT molecular complexity index is 518. The highest BCUT2D eigenvalue weighted by molar-refractivity contribution is 5.94. The van der Waals surface area contributed by atoms with Gasteiger partial charge in [-0.3, -0.25) is 4.79 Å². The van der Waals surface area contributed by atoms with Gasteiger partial charge in [0.15, 0.2) is 0 Å². The fraction of sp³-hybridized carbons (Fsp3) is 0.632. The van der Waals surface area contributed by atoms with Gasteiger partial charge in [-0.2, -0.15) is 0 Å². The smallest absolute Gasteiger partial charge is 0.251 e. The molecule has 5 heteroatoms. The highest BCUT2D eigenvalue weighted by Crippen LogP contribution is 2.18. The molecule has 2 heterocycles. The molecule has 1 N–H and O–H groups in total. The average molecular weight is 331 g/mol. The molecule has 1 unspecified atom stereocenters. The first-order chi connectivity index (χ1) is 11.7. The third-order valence-electron chi connectivity index (χ3n) is 5.09. The van der Waals surface area contributed by atoms with Gasteiger partial charge in [0.2, 0.25) is 0 Å². The molecule has 5 nitrogen and oxygen atoms in total. The summed E-state index contributed by atoms with van der Waals surface area (Å²) in [6, 6.07) is 8.00. The van der Waals surface area contributed by atoms with Crippen molar-refractivity contribution < 1.29 is 9.53 Å². The summed E-state index contributed by atoms with van der Waals surface area (Å²) in [5.74, 6) is 0.621. The van der Waals surface area contributed by atoms with Crippen LogP contribution in [0.5, 0.6) is 0 Å². The number of anilines is 1. The van der Waals surface area contributed by atoms with Gasteiger partial charge in [0.1, 0.15) is 0 Å². The first kappa shape index (κ1) is 17.2. The Balaban J connectivity index is 1.45. The van der Waals surface area contributed by atoms with E-state index in [1.54, 1.807) is 0 Å². The molecule has 0 aromatic heterocycles. The number of benzene rings is 1. The largest absolute Gasteiger partial charge is 0.381 e. The second kappa shape index (κ2) is 8.49. The van der Waals surface area contributed by atoms with E-state index in [2.05, 4.69) is 34.3 Å². The normalized spacial score (nSPS) is 22.4. The lowest BCUT2D eigenvalue weighted by Crippen LogP contribution is -2.44. The second-order valence-corrected chi connectivity index (χ2v) is 6.96. The highest BCUT2D eigenvalue weighted by Gasteiger charge is 2.16. The Morgan fingerprint density at radius 2 is 1.96 bits per heavy atom. The van der Waals surface area contributed by atoms with E-state index in [1.807, 2.05) is 12.1 Å². The summed E-state index contributed by atoms with van der Waals surface area (Å²) in [6.45, 7) is 6.74. The molecule has 2 aliphatic heterocycles. The molecule has 1 atom stereocenters. The van der Waals surface area contributed by atoms with Gasteiger partial charge in [-0.1, -0.05) is 0 Å². The van der Waals surface area contributed by atoms with E-state index in [9.17, 15) is 4.79 Å². The van der Waals surface area contributed by atoms with Crippen molar-refractivity contribution in [2.24, 2.45) is 5.92 Å². The van der Waals surface area contributed by atoms with Crippen molar-refractivity contribution in [1.82, 2.24) is 10.2 Å². The fourth-order valence-corrected chi connectivity index (χ4v) is 3.42. The van der Waals surface area contributed by atoms with E-state index in [1.165, 1.54) is 12.1 Å². The number of carbonyl (C=O) groups is 1. The summed E-state index contributed by atoms with van der Waals surface area (Å²) in [6.07, 6.45) is 3.37. The number of hydrogen-bond donors (Lipinski definition) is 1. The first-order valence-corrected chi connectivity index (χ1v) is 9.12. The molecular weight excluding hydrogens is 302 g/mol. The van der Waals surface area contributed by atoms with E-state index in [-0.39, 0.29) is 5.91 Å². The third kappa shape index (κ3) is 4.71. The van der Waals surface area contributed by atoms with Crippen LogP contribution >= 0.6 is 0 Å². The van der Waals surface area contributed by atoms with Crippen molar-refractivity contribution in [2.45, 2.75) is 19.3 Å². The molecule has 0 bridgehead atoms. The first-order valence-electron chi connectivity index (χ1n) is 9.12. The zero-order valence-corrected chi connectivity index (χ0v) is 14.7. The van der Waals surface area contributed by atoms with Crippen LogP contribution in [0.1, 0.15) is 29.6 Å². The summed E-state index contributed by atoms with van der Waals surface area (Å²) in [4.78, 5) is 17.0. The summed E-state index contributed by atoms with van der Waals surface area (Å²) < 4.78 is 5.48. The van der Waals surface area contributed by atoms with Crippen LogP contribution in [-0.2, 0) is 4.74 Å². The van der Waals surface area contributed by atoms with Gasteiger partial charge in [-0.25, -0.2) is 0 Å². The Hall–Kier alpha value is -1.59. The van der Waals surface area contributed by atoms with Crippen LogP contribution in [0.3, 0.4) is 0 Å². The lowest BCUT2D eigenvalue weighted by atomic mass is 9.99. The monoisotopic (exact) mass is 331 g/mol. The minimum atomic E-state index is 0.0247. The molecule has 132 valence electrons. The van der Waals surface area contributed by atoms with Crippen LogP contribution < -0.4 is 10.2 Å². The van der Waals surface area contributed by atoms with Gasteiger partial charge in [0.25, 0.3) is 5.91 Å². The molecule has 1 amide bonds. The van der Waals surface area contributed by atoms with Crippen molar-refractivity contribution >= 4 is 11.6 Å². The van der Waals surface area contributed by atoms with Crippen LogP contribution in [0.4, 0.5) is 5.69 Å². The van der Waals surface area contributed by atoms with E-state index in [4.69, 9.17) is 4.74 Å². The summed E-state index contributed by atoms with van der Waals surface area (Å²) in [7, 11) is 2.16. The predicted octanol–water partition coefficient (Wildman–Crippen LogP) is 1.98. The third-order valence-corrected chi connectivity index (χ3v) is 5.09. The average Bonchev–Trinajstić information content (AvgIpc) is 2.63. The van der Waals surface area contributed by atoms with Gasteiger partial charge in [-0.15, -0.1) is 0 Å². The molecule has 0 saturated carbocycles. The van der Waals surface area contributed by atoms with Crippen LogP contribution in [0.2, 0.25) is 0 Å². The zero-order valence-electron chi connectivity index (χ0n) is 14.7. The number of likely N-dealkylation sites (N-methyl/N-ethyl adjacent to an activating group) is 1. The van der Waals surface area contributed by atoms with Gasteiger partial charge in [0, 0.05) is 57.2 Å². The van der Waals surface area contributed by atoms with Gasteiger partial charge in [0.05, 0.1) is 0 Å². The van der Waals surface area contributed by atoms with Gasteiger partial charge < -0.3 is 19.9 Å². The van der Waals surface area contributed by atoms with E-state index < -0.39 is 0 Å². The molecule has 24 heavy (non-hydrogen) atoms. The lowest BCUT2D eigenvalue weighted by molar-refractivity contribution is 0.0514. The maximum atomic E-state index is 12.3. The summed E-state index contributed by atoms with van der Waals surface area (Å²) in [5, 5.41) is 3.04. The molecule has 0 spiro atoms. The minimum Gasteiger partial charge on any atom is -0.381 e. The zero-order chi connectivity index (χ0) is 16.8. The molecule has 0 aliphatic carbocycles. The molecule has 2 saturated heterocycles. The van der Waals surface area contributed by atoms with Gasteiger partial charge in [-0.05, 0) is 56.5 Å². The van der Waals surface area contributed by atoms with Crippen LogP contribution in [0, 0.1) is 5.92 Å². The molecular formula is C19H29N3O2. The van der Waals surface area contributed by atoms with Crippen LogP contribution in [0.15, 0.2) is 24.3 Å². The molecule has 3 rings (SSSR count). The molecule has 0 radical (unpaired) electrons. The molecule has 2 fully saturated rings. The quantitative estimate of drug-likeness (QED) is 0.896. The van der Waals surface area contributed by atoms with E-state index in [0.717, 1.165) is 64.3 Å². The van der Waals surface area contributed by atoms with Crippen LogP contribution in [0.25, 0.3) is 0 Å². The van der Waals surface area contributed by atoms with Crippen LogP contribution in [-0.4, -0.2) is 63.8 Å². The summed E-state index contributed by atoms with van der Waals surface area (Å²) >= 11 is 0. The number of piperazine rings is 1. The topological polar surface area (TPSA) is 44.8 Å². The van der Waals surface area contributed by atoms with Crippen molar-refractivity contribution in [3.63, 3.8) is 0 Å². The number of nitrogens with one attached hydrogen (secondary N) is 1.